The lowest BCUT2D eigenvalue weighted by Gasteiger charge is -2.35. The minimum atomic E-state index is -0.731. The van der Waals surface area contributed by atoms with Crippen molar-refractivity contribution in [3.05, 3.63) is 106 Å². The van der Waals surface area contributed by atoms with Gasteiger partial charge in [-0.2, -0.15) is 10.5 Å². The summed E-state index contributed by atoms with van der Waals surface area (Å²) < 4.78 is 13.6. The van der Waals surface area contributed by atoms with Gasteiger partial charge in [0.1, 0.15) is 5.82 Å². The van der Waals surface area contributed by atoms with Gasteiger partial charge in [0.15, 0.2) is 0 Å². The fourth-order valence-corrected chi connectivity index (χ4v) is 4.24. The van der Waals surface area contributed by atoms with E-state index in [-0.39, 0.29) is 23.8 Å². The Morgan fingerprint density at radius 1 is 0.970 bits per heavy atom. The van der Waals surface area contributed by atoms with Crippen LogP contribution in [0.4, 0.5) is 4.39 Å². The summed E-state index contributed by atoms with van der Waals surface area (Å²) in [6.07, 6.45) is 0.726. The summed E-state index contributed by atoms with van der Waals surface area (Å²) in [6.45, 7) is 5.85. The molecule has 3 aromatic rings. The molecular formula is C28H27ClFN3. The van der Waals surface area contributed by atoms with Gasteiger partial charge in [-0.05, 0) is 80.3 Å². The molecule has 0 aromatic heterocycles. The van der Waals surface area contributed by atoms with Crippen molar-refractivity contribution in [1.29, 1.82) is 10.5 Å². The Balaban J connectivity index is 1.98. The molecular weight excluding hydrogens is 433 g/mol. The summed E-state index contributed by atoms with van der Waals surface area (Å²) in [5, 5.41) is 23.6. The van der Waals surface area contributed by atoms with Crippen molar-refractivity contribution in [1.82, 2.24) is 5.32 Å². The van der Waals surface area contributed by atoms with Gasteiger partial charge in [-0.25, -0.2) is 4.39 Å². The minimum Gasteiger partial charge on any atom is -0.305 e. The third-order valence-corrected chi connectivity index (χ3v) is 6.31. The van der Waals surface area contributed by atoms with Crippen LogP contribution >= 0.6 is 11.6 Å². The first-order valence-electron chi connectivity index (χ1n) is 10.9. The average molecular weight is 460 g/mol. The molecule has 1 N–H and O–H groups in total. The van der Waals surface area contributed by atoms with E-state index in [1.807, 2.05) is 56.3 Å². The third-order valence-electron chi connectivity index (χ3n) is 6.06. The van der Waals surface area contributed by atoms with Gasteiger partial charge >= 0.3 is 0 Å². The highest BCUT2D eigenvalue weighted by Gasteiger charge is 2.34. The highest BCUT2D eigenvalue weighted by atomic mass is 35.5. The van der Waals surface area contributed by atoms with Gasteiger partial charge in [-0.1, -0.05) is 48.0 Å². The second-order valence-electron chi connectivity index (χ2n) is 8.95. The molecule has 168 valence electrons. The molecule has 0 saturated heterocycles. The fourth-order valence-electron chi connectivity index (χ4n) is 4.12. The van der Waals surface area contributed by atoms with Crippen LogP contribution in [0.1, 0.15) is 55.0 Å². The molecule has 5 heteroatoms. The molecule has 3 rings (SSSR count). The van der Waals surface area contributed by atoms with E-state index in [0.29, 0.717) is 10.6 Å². The number of nitrogens with one attached hydrogen (secondary N) is 1. The van der Waals surface area contributed by atoms with E-state index in [1.54, 1.807) is 18.2 Å². The van der Waals surface area contributed by atoms with Crippen molar-refractivity contribution in [2.45, 2.75) is 45.2 Å². The maximum absolute atomic E-state index is 13.6. The second-order valence-corrected chi connectivity index (χ2v) is 9.38. The highest BCUT2D eigenvalue weighted by Crippen LogP contribution is 2.35. The van der Waals surface area contributed by atoms with E-state index in [9.17, 15) is 14.9 Å². The normalized spacial score (nSPS) is 14.0. The van der Waals surface area contributed by atoms with Crippen LogP contribution in [0.2, 0.25) is 5.02 Å². The summed E-state index contributed by atoms with van der Waals surface area (Å²) in [4.78, 5) is 0. The molecule has 3 atom stereocenters. The molecule has 3 nitrogen and oxygen atoms in total. The molecule has 0 amide bonds. The van der Waals surface area contributed by atoms with E-state index < -0.39 is 5.41 Å². The molecule has 0 aliphatic heterocycles. The summed E-state index contributed by atoms with van der Waals surface area (Å²) in [7, 11) is 0. The molecule has 0 fully saturated rings. The van der Waals surface area contributed by atoms with E-state index in [4.69, 9.17) is 11.6 Å². The van der Waals surface area contributed by atoms with Crippen LogP contribution in [0, 0.1) is 33.9 Å². The van der Waals surface area contributed by atoms with Gasteiger partial charge in [-0.3, -0.25) is 0 Å². The van der Waals surface area contributed by atoms with Gasteiger partial charge in [0.25, 0.3) is 0 Å². The Kier molecular flexibility index (Phi) is 7.88. The number of rotatable bonds is 8. The van der Waals surface area contributed by atoms with Gasteiger partial charge in [0.05, 0.1) is 29.2 Å². The third kappa shape index (κ3) is 6.20. The van der Waals surface area contributed by atoms with E-state index in [2.05, 4.69) is 24.4 Å². The van der Waals surface area contributed by atoms with Crippen LogP contribution in [-0.4, -0.2) is 6.04 Å². The number of benzene rings is 3. The lowest BCUT2D eigenvalue weighted by atomic mass is 9.79. The zero-order valence-electron chi connectivity index (χ0n) is 19.0. The molecule has 0 spiro atoms. The second kappa shape index (κ2) is 10.6. The Morgan fingerprint density at radius 3 is 2.24 bits per heavy atom. The first-order chi connectivity index (χ1) is 15.7. The summed E-state index contributed by atoms with van der Waals surface area (Å²) in [5.41, 5.74) is 2.89. The van der Waals surface area contributed by atoms with Crippen LogP contribution in [0.5, 0.6) is 0 Å². The van der Waals surface area contributed by atoms with Crippen molar-refractivity contribution < 1.29 is 4.39 Å². The first-order valence-corrected chi connectivity index (χ1v) is 11.3. The van der Waals surface area contributed by atoms with E-state index >= 15 is 0 Å². The van der Waals surface area contributed by atoms with Crippen LogP contribution in [0.15, 0.2) is 72.8 Å². The molecule has 0 radical (unpaired) electrons. The smallest absolute Gasteiger partial charge is 0.123 e. The van der Waals surface area contributed by atoms with E-state index in [1.165, 1.54) is 12.1 Å². The molecule has 0 heterocycles. The van der Waals surface area contributed by atoms with Crippen LogP contribution in [0.3, 0.4) is 0 Å². The average Bonchev–Trinajstić information content (AvgIpc) is 2.82. The van der Waals surface area contributed by atoms with Crippen LogP contribution in [0.25, 0.3) is 0 Å². The Hall–Kier alpha value is -3.18. The predicted octanol–water partition coefficient (Wildman–Crippen LogP) is 6.95. The molecule has 2 unspecified atom stereocenters. The standard InChI is InChI=1S/C28H27ClFN3/c1-19(33-27(28(2,3)18-32)22-9-13-25(30)14-10-22)26(16-20-7-11-24(29)12-8-20)23-6-4-5-21(15-23)17-31/h4-15,19,26-27,33H,16H2,1-3H3/t19?,26?,27-/m0/s1. The Labute approximate surface area is 200 Å². The van der Waals surface area contributed by atoms with Gasteiger partial charge in [0.2, 0.25) is 0 Å². The van der Waals surface area contributed by atoms with Crippen molar-refractivity contribution in [3.8, 4) is 12.1 Å². The van der Waals surface area contributed by atoms with E-state index in [0.717, 1.165) is 23.1 Å². The predicted molar refractivity (Wildman–Crippen MR) is 130 cm³/mol. The van der Waals surface area contributed by atoms with Gasteiger partial charge in [-0.15, -0.1) is 0 Å². The van der Waals surface area contributed by atoms with Crippen molar-refractivity contribution >= 4 is 11.6 Å². The van der Waals surface area contributed by atoms with Gasteiger partial charge < -0.3 is 5.32 Å². The largest absolute Gasteiger partial charge is 0.305 e. The SMILES string of the molecule is CC(N[C@@H](c1ccc(F)cc1)C(C)(C)C#N)C(Cc1ccc(Cl)cc1)c1cccc(C#N)c1. The molecule has 0 aliphatic carbocycles. The zero-order chi connectivity index (χ0) is 24.0. The maximum Gasteiger partial charge on any atom is 0.123 e. The monoisotopic (exact) mass is 459 g/mol. The van der Waals surface area contributed by atoms with Crippen LogP contribution < -0.4 is 5.32 Å². The number of hydrogen-bond donors (Lipinski definition) is 1. The maximum atomic E-state index is 13.6. The Bertz CT molecular complexity index is 1160. The summed E-state index contributed by atoms with van der Waals surface area (Å²) in [5.74, 6) is -0.286. The fraction of sp³-hybridized carbons (Fsp3) is 0.286. The van der Waals surface area contributed by atoms with Crippen molar-refractivity contribution in [3.63, 3.8) is 0 Å². The Morgan fingerprint density at radius 2 is 1.64 bits per heavy atom. The zero-order valence-corrected chi connectivity index (χ0v) is 19.8. The topological polar surface area (TPSA) is 59.6 Å². The number of halogens is 2. The highest BCUT2D eigenvalue weighted by molar-refractivity contribution is 6.30. The number of nitriles is 2. The molecule has 0 saturated carbocycles. The van der Waals surface area contributed by atoms with Crippen molar-refractivity contribution in [2.75, 3.05) is 0 Å². The summed E-state index contributed by atoms with van der Waals surface area (Å²) >= 11 is 6.08. The molecule has 0 bridgehead atoms. The minimum absolute atomic E-state index is 0.0249. The summed E-state index contributed by atoms with van der Waals surface area (Å²) in [6, 6.07) is 25.9. The lowest BCUT2D eigenvalue weighted by molar-refractivity contribution is 0.281. The molecule has 0 aliphatic rings. The number of nitrogens with zero attached hydrogens (tertiary/aromatic N) is 2. The lowest BCUT2D eigenvalue weighted by Crippen LogP contribution is -2.42. The van der Waals surface area contributed by atoms with Crippen molar-refractivity contribution in [2.24, 2.45) is 5.41 Å². The van der Waals surface area contributed by atoms with Crippen LogP contribution in [-0.2, 0) is 6.42 Å². The molecule has 3 aromatic carbocycles. The molecule has 33 heavy (non-hydrogen) atoms. The first kappa shape index (κ1) is 24.5. The quantitative estimate of drug-likeness (QED) is 0.396. The van der Waals surface area contributed by atoms with Gasteiger partial charge in [0, 0.05) is 17.0 Å². The number of hydrogen-bond acceptors (Lipinski definition) is 3.